The first-order valence-electron chi connectivity index (χ1n) is 8.31. The summed E-state index contributed by atoms with van der Waals surface area (Å²) >= 11 is 0. The fraction of sp³-hybridized carbons (Fsp3) is 0.294. The third kappa shape index (κ3) is 2.69. The summed E-state index contributed by atoms with van der Waals surface area (Å²) in [6.45, 7) is 2.71. The number of rotatable bonds is 4. The van der Waals surface area contributed by atoms with Crippen molar-refractivity contribution in [1.29, 1.82) is 0 Å². The predicted molar refractivity (Wildman–Crippen MR) is 94.7 cm³/mol. The lowest BCUT2D eigenvalue weighted by molar-refractivity contribution is 0.340. The second kappa shape index (κ2) is 6.26. The van der Waals surface area contributed by atoms with Gasteiger partial charge < -0.3 is 4.74 Å². The van der Waals surface area contributed by atoms with E-state index in [0.717, 1.165) is 0 Å². The molecule has 0 saturated carbocycles. The van der Waals surface area contributed by atoms with Crippen LogP contribution in [0.15, 0.2) is 46.2 Å². The molecule has 8 nitrogen and oxygen atoms in total. The van der Waals surface area contributed by atoms with Gasteiger partial charge in [0.15, 0.2) is 5.65 Å². The number of benzene rings is 1. The molecule has 3 aromatic rings. The van der Waals surface area contributed by atoms with Gasteiger partial charge in [-0.2, -0.15) is 4.31 Å². The molecule has 0 atom stereocenters. The van der Waals surface area contributed by atoms with Crippen LogP contribution < -0.4 is 10.3 Å². The SMILES string of the molecule is CCOc1ccc(S(=O)(=O)N2CCc3c(nc4cc[nH]n4c3=O)C2)cc1. The van der Waals surface area contributed by atoms with Gasteiger partial charge in [0.25, 0.3) is 5.56 Å². The van der Waals surface area contributed by atoms with Gasteiger partial charge in [-0.3, -0.25) is 9.89 Å². The molecule has 3 heterocycles. The molecule has 1 N–H and O–H groups in total. The number of hydrogen-bond donors (Lipinski definition) is 1. The Hall–Kier alpha value is -2.65. The Kier molecular flexibility index (Phi) is 4.04. The van der Waals surface area contributed by atoms with Gasteiger partial charge in [0.05, 0.1) is 23.7 Å². The first-order valence-corrected chi connectivity index (χ1v) is 9.75. The zero-order chi connectivity index (χ0) is 18.3. The summed E-state index contributed by atoms with van der Waals surface area (Å²) in [5.74, 6) is 0.625. The molecule has 0 aliphatic carbocycles. The fourth-order valence-electron chi connectivity index (χ4n) is 3.13. The Balaban J connectivity index is 1.67. The van der Waals surface area contributed by atoms with E-state index >= 15 is 0 Å². The Bertz CT molecular complexity index is 1120. The molecule has 0 unspecified atom stereocenters. The van der Waals surface area contributed by atoms with Crippen LogP contribution in [0.2, 0.25) is 0 Å². The van der Waals surface area contributed by atoms with Crippen LogP contribution in [0.3, 0.4) is 0 Å². The van der Waals surface area contributed by atoms with E-state index in [0.29, 0.717) is 35.7 Å². The highest BCUT2D eigenvalue weighted by Gasteiger charge is 2.30. The largest absolute Gasteiger partial charge is 0.494 e. The Morgan fingerprint density at radius 2 is 2.00 bits per heavy atom. The number of sulfonamides is 1. The number of nitrogens with one attached hydrogen (secondary N) is 1. The van der Waals surface area contributed by atoms with Gasteiger partial charge >= 0.3 is 0 Å². The molecular formula is C17H18N4O4S. The smallest absolute Gasteiger partial charge is 0.276 e. The molecule has 136 valence electrons. The normalized spacial score (nSPS) is 15.1. The van der Waals surface area contributed by atoms with Gasteiger partial charge in [0.2, 0.25) is 10.0 Å². The maximum absolute atomic E-state index is 12.9. The van der Waals surface area contributed by atoms with E-state index in [2.05, 4.69) is 10.1 Å². The average Bonchev–Trinajstić information content (AvgIpc) is 3.11. The van der Waals surface area contributed by atoms with Crippen molar-refractivity contribution in [1.82, 2.24) is 18.9 Å². The maximum atomic E-state index is 12.9. The Morgan fingerprint density at radius 3 is 2.73 bits per heavy atom. The third-order valence-electron chi connectivity index (χ3n) is 4.43. The standard InChI is InChI=1S/C17H18N4O4S/c1-2-25-12-3-5-13(6-4-12)26(23,24)20-10-8-14-15(11-20)19-16-7-9-18-21(16)17(14)22/h3-7,9,18H,2,8,10-11H2,1H3. The molecule has 0 bridgehead atoms. The van der Waals surface area contributed by atoms with Crippen LogP contribution in [0.5, 0.6) is 5.75 Å². The van der Waals surface area contributed by atoms with Crippen molar-refractivity contribution in [2.75, 3.05) is 13.2 Å². The molecule has 0 saturated heterocycles. The number of aromatic nitrogens is 3. The second-order valence-corrected chi connectivity index (χ2v) is 7.93. The zero-order valence-corrected chi connectivity index (χ0v) is 15.0. The van der Waals surface area contributed by atoms with Crippen molar-refractivity contribution in [3.05, 3.63) is 58.1 Å². The first kappa shape index (κ1) is 16.8. The van der Waals surface area contributed by atoms with E-state index in [1.807, 2.05) is 6.92 Å². The van der Waals surface area contributed by atoms with Crippen molar-refractivity contribution in [2.45, 2.75) is 24.8 Å². The predicted octanol–water partition coefficient (Wildman–Crippen LogP) is 1.17. The highest BCUT2D eigenvalue weighted by atomic mass is 32.2. The van der Waals surface area contributed by atoms with Crippen LogP contribution in [0.4, 0.5) is 0 Å². The lowest BCUT2D eigenvalue weighted by Gasteiger charge is -2.27. The van der Waals surface area contributed by atoms with Crippen LogP contribution in [0.1, 0.15) is 18.2 Å². The molecule has 26 heavy (non-hydrogen) atoms. The Labute approximate surface area is 150 Å². The van der Waals surface area contributed by atoms with Crippen LogP contribution in [-0.2, 0) is 23.0 Å². The number of ether oxygens (including phenoxy) is 1. The number of hydrogen-bond acceptors (Lipinski definition) is 5. The molecule has 2 aromatic heterocycles. The topological polar surface area (TPSA) is 96.8 Å². The van der Waals surface area contributed by atoms with E-state index in [-0.39, 0.29) is 23.5 Å². The molecule has 0 radical (unpaired) electrons. The monoisotopic (exact) mass is 374 g/mol. The summed E-state index contributed by atoms with van der Waals surface area (Å²) in [4.78, 5) is 17.1. The number of nitrogens with zero attached hydrogens (tertiary/aromatic N) is 3. The molecule has 0 amide bonds. The van der Waals surface area contributed by atoms with Crippen LogP contribution in [-0.4, -0.2) is 40.5 Å². The van der Waals surface area contributed by atoms with Gasteiger partial charge in [-0.15, -0.1) is 0 Å². The second-order valence-electron chi connectivity index (χ2n) is 5.99. The third-order valence-corrected chi connectivity index (χ3v) is 6.29. The number of aromatic amines is 1. The average molecular weight is 374 g/mol. The quantitative estimate of drug-likeness (QED) is 0.739. The molecule has 9 heteroatoms. The molecule has 1 aliphatic rings. The Morgan fingerprint density at radius 1 is 1.23 bits per heavy atom. The summed E-state index contributed by atoms with van der Waals surface area (Å²) in [6, 6.07) is 8.03. The minimum Gasteiger partial charge on any atom is -0.494 e. The van der Waals surface area contributed by atoms with Crippen molar-refractivity contribution in [3.8, 4) is 5.75 Å². The maximum Gasteiger partial charge on any atom is 0.276 e. The molecule has 1 aromatic carbocycles. The zero-order valence-electron chi connectivity index (χ0n) is 14.2. The summed E-state index contributed by atoms with van der Waals surface area (Å²) in [5, 5.41) is 2.82. The molecule has 1 aliphatic heterocycles. The van der Waals surface area contributed by atoms with Crippen LogP contribution in [0.25, 0.3) is 5.65 Å². The minimum atomic E-state index is -3.67. The summed E-state index contributed by atoms with van der Waals surface area (Å²) in [5.41, 5.74) is 1.38. The van der Waals surface area contributed by atoms with Crippen LogP contribution >= 0.6 is 0 Å². The fourth-order valence-corrected chi connectivity index (χ4v) is 4.54. The number of H-pyrrole nitrogens is 1. The van der Waals surface area contributed by atoms with Crippen molar-refractivity contribution in [2.24, 2.45) is 0 Å². The lowest BCUT2D eigenvalue weighted by atomic mass is 10.1. The molecule has 0 spiro atoms. The van der Waals surface area contributed by atoms with Crippen molar-refractivity contribution < 1.29 is 13.2 Å². The summed E-state index contributed by atoms with van der Waals surface area (Å²) in [7, 11) is -3.67. The molecule has 0 fully saturated rings. The first-order chi connectivity index (χ1) is 12.5. The molecule has 4 rings (SSSR count). The summed E-state index contributed by atoms with van der Waals surface area (Å²) < 4.78 is 34.0. The molecular weight excluding hydrogens is 356 g/mol. The van der Waals surface area contributed by atoms with Gasteiger partial charge in [0.1, 0.15) is 5.75 Å². The summed E-state index contributed by atoms with van der Waals surface area (Å²) in [6.07, 6.45) is 1.96. The van der Waals surface area contributed by atoms with E-state index in [1.165, 1.54) is 21.0 Å². The van der Waals surface area contributed by atoms with Gasteiger partial charge in [-0.05, 0) is 37.6 Å². The van der Waals surface area contributed by atoms with Gasteiger partial charge in [-0.1, -0.05) is 0 Å². The van der Waals surface area contributed by atoms with Crippen molar-refractivity contribution >= 4 is 15.7 Å². The van der Waals surface area contributed by atoms with E-state index < -0.39 is 10.0 Å². The van der Waals surface area contributed by atoms with Gasteiger partial charge in [-0.25, -0.2) is 17.9 Å². The van der Waals surface area contributed by atoms with Crippen LogP contribution in [0, 0.1) is 0 Å². The lowest BCUT2D eigenvalue weighted by Crippen LogP contribution is -2.39. The van der Waals surface area contributed by atoms with Gasteiger partial charge in [0, 0.05) is 24.4 Å². The van der Waals surface area contributed by atoms with Crippen molar-refractivity contribution in [3.63, 3.8) is 0 Å². The van der Waals surface area contributed by atoms with E-state index in [9.17, 15) is 13.2 Å². The minimum absolute atomic E-state index is 0.0851. The highest BCUT2D eigenvalue weighted by Crippen LogP contribution is 2.24. The highest BCUT2D eigenvalue weighted by molar-refractivity contribution is 7.89. The van der Waals surface area contributed by atoms with E-state index in [4.69, 9.17) is 4.74 Å². The van der Waals surface area contributed by atoms with E-state index in [1.54, 1.807) is 24.4 Å². The number of fused-ring (bicyclic) bond motifs is 2.